The quantitative estimate of drug-likeness (QED) is 0.701. The summed E-state index contributed by atoms with van der Waals surface area (Å²) in [5.41, 5.74) is 1.32. The predicted molar refractivity (Wildman–Crippen MR) is 107 cm³/mol. The molecule has 1 aromatic carbocycles. The van der Waals surface area contributed by atoms with Gasteiger partial charge < -0.3 is 14.7 Å². The number of nitrogens with one attached hydrogen (secondary N) is 1. The molecule has 2 N–H and O–H groups in total. The number of pyridine rings is 1. The van der Waals surface area contributed by atoms with Crippen LogP contribution >= 0.6 is 11.6 Å². The van der Waals surface area contributed by atoms with E-state index >= 15 is 0 Å². The molecule has 0 bridgehead atoms. The van der Waals surface area contributed by atoms with Crippen molar-refractivity contribution in [3.05, 3.63) is 47.7 Å². The number of hydrogen-bond donors (Lipinski definition) is 2. The number of hydrogen-bond acceptors (Lipinski definition) is 6. The molecule has 1 aromatic heterocycles. The standard InChI is InChI=1S/C18H20ClN3O5S/c19-16-11-13(21-28(25,26)12-18(23)24)1-2-17(16)27-15-5-9-22(10-6-15)14-3-7-20-8-4-14/h1-4,7-8,11,15,21H,5-6,9-10,12H2,(H,23,24). The fraction of sp³-hybridized carbons (Fsp3) is 0.333. The first-order valence-electron chi connectivity index (χ1n) is 8.66. The van der Waals surface area contributed by atoms with Crippen LogP contribution in [0.3, 0.4) is 0 Å². The summed E-state index contributed by atoms with van der Waals surface area (Å²) >= 11 is 6.21. The number of ether oxygens (including phenoxy) is 1. The van der Waals surface area contributed by atoms with Crippen LogP contribution in [0.2, 0.25) is 5.02 Å². The Morgan fingerprint density at radius 1 is 1.25 bits per heavy atom. The number of carboxylic acids is 1. The molecule has 1 aliphatic heterocycles. The van der Waals surface area contributed by atoms with E-state index in [2.05, 4.69) is 14.6 Å². The molecule has 0 radical (unpaired) electrons. The van der Waals surface area contributed by atoms with Crippen molar-refractivity contribution < 1.29 is 23.1 Å². The molecule has 1 fully saturated rings. The number of aromatic nitrogens is 1. The fourth-order valence-electron chi connectivity index (χ4n) is 3.00. The number of rotatable bonds is 7. The third kappa shape index (κ3) is 5.49. The van der Waals surface area contributed by atoms with Crippen molar-refractivity contribution in [3.63, 3.8) is 0 Å². The molecule has 1 aliphatic rings. The zero-order valence-electron chi connectivity index (χ0n) is 14.9. The topological polar surface area (TPSA) is 109 Å². The second-order valence-corrected chi connectivity index (χ2v) is 8.54. The lowest BCUT2D eigenvalue weighted by atomic mass is 10.1. The summed E-state index contributed by atoms with van der Waals surface area (Å²) in [7, 11) is -3.98. The number of carboxylic acid groups (broad SMARTS) is 1. The lowest BCUT2D eigenvalue weighted by Gasteiger charge is -2.33. The van der Waals surface area contributed by atoms with Crippen LogP contribution in [0.5, 0.6) is 5.75 Å². The molecule has 0 aliphatic carbocycles. The Bertz CT molecular complexity index is 931. The van der Waals surface area contributed by atoms with E-state index in [1.807, 2.05) is 12.1 Å². The molecule has 1 saturated heterocycles. The predicted octanol–water partition coefficient (Wildman–Crippen LogP) is 2.61. The molecule has 10 heteroatoms. The first-order valence-corrected chi connectivity index (χ1v) is 10.7. The van der Waals surface area contributed by atoms with Crippen LogP contribution in [-0.2, 0) is 14.8 Å². The van der Waals surface area contributed by atoms with Gasteiger partial charge in [-0.05, 0) is 30.3 Å². The van der Waals surface area contributed by atoms with Gasteiger partial charge in [-0.15, -0.1) is 0 Å². The highest BCUT2D eigenvalue weighted by Gasteiger charge is 2.22. The van der Waals surface area contributed by atoms with Gasteiger partial charge >= 0.3 is 5.97 Å². The number of halogens is 1. The summed E-state index contributed by atoms with van der Waals surface area (Å²) in [5, 5.41) is 8.88. The largest absolute Gasteiger partial charge is 0.489 e. The zero-order valence-corrected chi connectivity index (χ0v) is 16.5. The van der Waals surface area contributed by atoms with E-state index in [-0.39, 0.29) is 16.8 Å². The summed E-state index contributed by atoms with van der Waals surface area (Å²) < 4.78 is 31.6. The van der Waals surface area contributed by atoms with Crippen molar-refractivity contribution >= 4 is 39.0 Å². The fourth-order valence-corrected chi connectivity index (χ4v) is 4.11. The van der Waals surface area contributed by atoms with Crippen LogP contribution < -0.4 is 14.4 Å². The summed E-state index contributed by atoms with van der Waals surface area (Å²) in [6.45, 7) is 1.69. The maximum absolute atomic E-state index is 11.7. The number of piperidine rings is 1. The molecular weight excluding hydrogens is 406 g/mol. The normalized spacial score (nSPS) is 15.2. The Morgan fingerprint density at radius 3 is 2.54 bits per heavy atom. The second kappa shape index (κ2) is 8.66. The number of nitrogens with zero attached hydrogens (tertiary/aromatic N) is 2. The van der Waals surface area contributed by atoms with Gasteiger partial charge in [-0.3, -0.25) is 14.5 Å². The third-order valence-electron chi connectivity index (χ3n) is 4.28. The van der Waals surface area contributed by atoms with E-state index in [9.17, 15) is 13.2 Å². The first kappa shape index (κ1) is 20.2. The minimum absolute atomic E-state index is 0.00476. The van der Waals surface area contributed by atoms with E-state index in [0.29, 0.717) is 5.75 Å². The third-order valence-corrected chi connectivity index (χ3v) is 5.75. The van der Waals surface area contributed by atoms with Crippen molar-refractivity contribution in [3.8, 4) is 5.75 Å². The molecule has 0 saturated carbocycles. The van der Waals surface area contributed by atoms with Crippen molar-refractivity contribution in [2.24, 2.45) is 0 Å². The molecule has 150 valence electrons. The Kier molecular flexibility index (Phi) is 6.25. The van der Waals surface area contributed by atoms with Crippen LogP contribution in [0.4, 0.5) is 11.4 Å². The minimum Gasteiger partial charge on any atom is -0.489 e. The Labute approximate surface area is 168 Å². The first-order chi connectivity index (χ1) is 13.3. The highest BCUT2D eigenvalue weighted by atomic mass is 35.5. The van der Waals surface area contributed by atoms with Crippen LogP contribution in [0, 0.1) is 0 Å². The molecule has 8 nitrogen and oxygen atoms in total. The number of anilines is 2. The van der Waals surface area contributed by atoms with E-state index < -0.39 is 21.7 Å². The molecule has 0 atom stereocenters. The van der Waals surface area contributed by atoms with Gasteiger partial charge in [-0.25, -0.2) is 8.42 Å². The Morgan fingerprint density at radius 2 is 1.93 bits per heavy atom. The van der Waals surface area contributed by atoms with Gasteiger partial charge in [0.1, 0.15) is 11.9 Å². The van der Waals surface area contributed by atoms with Gasteiger partial charge in [0.15, 0.2) is 5.75 Å². The molecule has 28 heavy (non-hydrogen) atoms. The minimum atomic E-state index is -3.98. The molecule has 2 heterocycles. The van der Waals surface area contributed by atoms with Crippen LogP contribution in [-0.4, -0.2) is 49.4 Å². The number of sulfonamides is 1. The average molecular weight is 426 g/mol. The summed E-state index contributed by atoms with van der Waals surface area (Å²) in [5.74, 6) is -1.99. The Hall–Kier alpha value is -2.52. The molecule has 0 amide bonds. The van der Waals surface area contributed by atoms with Gasteiger partial charge in [0.2, 0.25) is 10.0 Å². The maximum Gasteiger partial charge on any atom is 0.320 e. The summed E-state index contributed by atoms with van der Waals surface area (Å²) in [6, 6.07) is 8.43. The molecule has 2 aromatic rings. The number of benzene rings is 1. The second-order valence-electron chi connectivity index (χ2n) is 6.41. The van der Waals surface area contributed by atoms with Crippen molar-refractivity contribution in [2.45, 2.75) is 18.9 Å². The van der Waals surface area contributed by atoms with Gasteiger partial charge in [0.25, 0.3) is 0 Å². The molecule has 0 unspecified atom stereocenters. The lowest BCUT2D eigenvalue weighted by Crippen LogP contribution is -2.38. The van der Waals surface area contributed by atoms with E-state index in [1.54, 1.807) is 18.5 Å². The maximum atomic E-state index is 11.7. The summed E-state index contributed by atoms with van der Waals surface area (Å²) in [4.78, 5) is 16.9. The van der Waals surface area contributed by atoms with Gasteiger partial charge in [-0.2, -0.15) is 0 Å². The Balaban J connectivity index is 1.58. The van der Waals surface area contributed by atoms with Gasteiger partial charge in [0.05, 0.1) is 10.7 Å². The lowest BCUT2D eigenvalue weighted by molar-refractivity contribution is -0.134. The zero-order chi connectivity index (χ0) is 20.1. The monoisotopic (exact) mass is 425 g/mol. The highest BCUT2D eigenvalue weighted by molar-refractivity contribution is 7.93. The van der Waals surface area contributed by atoms with E-state index in [0.717, 1.165) is 31.6 Å². The molecular formula is C18H20ClN3O5S. The van der Waals surface area contributed by atoms with Crippen molar-refractivity contribution in [2.75, 3.05) is 28.5 Å². The van der Waals surface area contributed by atoms with E-state index in [1.165, 1.54) is 12.1 Å². The van der Waals surface area contributed by atoms with Gasteiger partial charge in [0, 0.05) is 44.0 Å². The SMILES string of the molecule is O=C(O)CS(=O)(=O)Nc1ccc(OC2CCN(c3ccncc3)CC2)c(Cl)c1. The summed E-state index contributed by atoms with van der Waals surface area (Å²) in [6.07, 6.45) is 5.19. The molecule has 0 spiro atoms. The van der Waals surface area contributed by atoms with Crippen LogP contribution in [0.15, 0.2) is 42.7 Å². The smallest absolute Gasteiger partial charge is 0.320 e. The highest BCUT2D eigenvalue weighted by Crippen LogP contribution is 2.31. The van der Waals surface area contributed by atoms with E-state index in [4.69, 9.17) is 21.4 Å². The van der Waals surface area contributed by atoms with Crippen molar-refractivity contribution in [1.29, 1.82) is 0 Å². The molecule has 3 rings (SSSR count). The van der Waals surface area contributed by atoms with Gasteiger partial charge in [-0.1, -0.05) is 11.6 Å². The average Bonchev–Trinajstić information content (AvgIpc) is 2.64. The van der Waals surface area contributed by atoms with Crippen LogP contribution in [0.25, 0.3) is 0 Å². The van der Waals surface area contributed by atoms with Crippen molar-refractivity contribution in [1.82, 2.24) is 4.98 Å². The number of carbonyl (C=O) groups is 1. The van der Waals surface area contributed by atoms with Crippen LogP contribution in [0.1, 0.15) is 12.8 Å². The number of aliphatic carboxylic acids is 1.